The van der Waals surface area contributed by atoms with Crippen LogP contribution in [0.15, 0.2) is 48.6 Å². The first-order chi connectivity index (χ1) is 28.2. The number of hydrogen-bond acceptors (Lipinski definition) is 10. The van der Waals surface area contributed by atoms with Crippen LogP contribution in [-0.4, -0.2) is 88.4 Å². The summed E-state index contributed by atoms with van der Waals surface area (Å²) in [5.41, 5.74) is 0. The summed E-state index contributed by atoms with van der Waals surface area (Å²) in [6.07, 6.45) is 34.5. The first kappa shape index (κ1) is 53.2. The van der Waals surface area contributed by atoms with E-state index >= 15 is 0 Å². The number of aliphatic carboxylic acids is 1. The fourth-order valence-corrected chi connectivity index (χ4v) is 6.59. The predicted molar refractivity (Wildman–Crippen MR) is 229 cm³/mol. The van der Waals surface area contributed by atoms with Gasteiger partial charge in [-0.25, -0.2) is 4.79 Å². The smallest absolute Gasteiger partial charge is 0.335 e. The molecule has 0 saturated carbocycles. The Bertz CT molecular complexity index is 1150. The van der Waals surface area contributed by atoms with Crippen molar-refractivity contribution in [3.05, 3.63) is 48.6 Å². The SMILES string of the molecule is CC/C=C\C/C=C\C/C=C\CCCCCC(=O)OCC(COC1OC(C(=O)O)C(O)C(O)C1O)OC(=O)CCCCCCCCCCC/C=C\CCCCCCCC. The van der Waals surface area contributed by atoms with Crippen LogP contribution in [0.4, 0.5) is 0 Å². The fraction of sp³-hybridized carbons (Fsp3) is 0.766. The number of carboxylic acid groups (broad SMARTS) is 1. The van der Waals surface area contributed by atoms with Gasteiger partial charge in [-0.05, 0) is 70.6 Å². The van der Waals surface area contributed by atoms with Crippen molar-refractivity contribution >= 4 is 17.9 Å². The summed E-state index contributed by atoms with van der Waals surface area (Å²) in [7, 11) is 0. The van der Waals surface area contributed by atoms with Gasteiger partial charge in [0, 0.05) is 12.8 Å². The fourth-order valence-electron chi connectivity index (χ4n) is 6.59. The highest BCUT2D eigenvalue weighted by Crippen LogP contribution is 2.23. The molecule has 0 bridgehead atoms. The number of esters is 2. The molecule has 1 rings (SSSR count). The van der Waals surface area contributed by atoms with E-state index in [-0.39, 0.29) is 19.4 Å². The lowest BCUT2D eigenvalue weighted by Crippen LogP contribution is -2.60. The molecule has 11 heteroatoms. The molecule has 334 valence electrons. The Morgan fingerprint density at radius 2 is 1.02 bits per heavy atom. The molecular formula is C47H80O11. The lowest BCUT2D eigenvalue weighted by Gasteiger charge is -2.38. The first-order valence-corrected chi connectivity index (χ1v) is 22.7. The third-order valence-electron chi connectivity index (χ3n) is 10.2. The van der Waals surface area contributed by atoms with Gasteiger partial charge < -0.3 is 39.4 Å². The Hall–Kier alpha value is -2.83. The molecule has 0 aromatic heterocycles. The molecule has 1 fully saturated rings. The van der Waals surface area contributed by atoms with Crippen molar-refractivity contribution in [2.45, 2.75) is 218 Å². The molecule has 0 spiro atoms. The summed E-state index contributed by atoms with van der Waals surface area (Å²) in [6.45, 7) is 3.66. The third kappa shape index (κ3) is 28.6. The second kappa shape index (κ2) is 37.2. The van der Waals surface area contributed by atoms with Crippen LogP contribution in [0.2, 0.25) is 0 Å². The minimum absolute atomic E-state index is 0.173. The second-order valence-electron chi connectivity index (χ2n) is 15.5. The van der Waals surface area contributed by atoms with Crippen LogP contribution in [0.1, 0.15) is 181 Å². The monoisotopic (exact) mass is 821 g/mol. The topological polar surface area (TPSA) is 169 Å². The summed E-state index contributed by atoms with van der Waals surface area (Å²) in [5.74, 6) is -2.49. The highest BCUT2D eigenvalue weighted by atomic mass is 16.7. The Morgan fingerprint density at radius 1 is 0.552 bits per heavy atom. The van der Waals surface area contributed by atoms with E-state index in [2.05, 4.69) is 62.5 Å². The molecule has 0 aromatic rings. The molecule has 6 atom stereocenters. The molecular weight excluding hydrogens is 741 g/mol. The van der Waals surface area contributed by atoms with Gasteiger partial charge in [0.2, 0.25) is 0 Å². The number of rotatable bonds is 37. The van der Waals surface area contributed by atoms with E-state index < -0.39 is 61.3 Å². The van der Waals surface area contributed by atoms with E-state index in [0.717, 1.165) is 57.8 Å². The Labute approximate surface area is 350 Å². The van der Waals surface area contributed by atoms with Crippen LogP contribution in [0.5, 0.6) is 0 Å². The Morgan fingerprint density at radius 3 is 1.57 bits per heavy atom. The summed E-state index contributed by atoms with van der Waals surface area (Å²) < 4.78 is 21.7. The maximum Gasteiger partial charge on any atom is 0.335 e. The molecule has 6 unspecified atom stereocenters. The number of aliphatic hydroxyl groups is 3. The minimum atomic E-state index is -1.87. The van der Waals surface area contributed by atoms with Crippen LogP contribution in [0.25, 0.3) is 0 Å². The van der Waals surface area contributed by atoms with Crippen molar-refractivity contribution in [1.82, 2.24) is 0 Å². The molecule has 11 nitrogen and oxygen atoms in total. The van der Waals surface area contributed by atoms with Gasteiger partial charge in [0.1, 0.15) is 24.9 Å². The van der Waals surface area contributed by atoms with E-state index in [1.54, 1.807) is 0 Å². The number of unbranched alkanes of at least 4 members (excludes halogenated alkanes) is 18. The van der Waals surface area contributed by atoms with E-state index in [1.807, 2.05) is 0 Å². The number of hydrogen-bond donors (Lipinski definition) is 4. The quantitative estimate of drug-likeness (QED) is 0.0267. The molecule has 0 aliphatic carbocycles. The Kier molecular flexibility index (Phi) is 34.1. The van der Waals surface area contributed by atoms with Gasteiger partial charge in [-0.3, -0.25) is 9.59 Å². The lowest BCUT2D eigenvalue weighted by molar-refractivity contribution is -0.298. The van der Waals surface area contributed by atoms with Gasteiger partial charge in [-0.2, -0.15) is 0 Å². The molecule has 1 saturated heterocycles. The zero-order chi connectivity index (χ0) is 42.5. The average Bonchev–Trinajstić information content (AvgIpc) is 3.21. The highest BCUT2D eigenvalue weighted by Gasteiger charge is 2.47. The van der Waals surface area contributed by atoms with Crippen molar-refractivity contribution in [3.8, 4) is 0 Å². The zero-order valence-electron chi connectivity index (χ0n) is 36.0. The van der Waals surface area contributed by atoms with Crippen molar-refractivity contribution in [2.75, 3.05) is 13.2 Å². The maximum absolute atomic E-state index is 12.8. The molecule has 0 aromatic carbocycles. The maximum atomic E-state index is 12.8. The van der Waals surface area contributed by atoms with Crippen molar-refractivity contribution in [3.63, 3.8) is 0 Å². The molecule has 0 amide bonds. The number of carboxylic acids is 1. The standard InChI is InChI=1S/C47H80O11/c1-3-5-7-9-11-13-15-17-18-19-20-21-22-24-26-28-30-32-34-36-41(49)57-39(38-56-47-44(52)42(50)43(51)45(58-47)46(53)54)37-55-40(48)35-33-31-29-27-25-23-16-14-12-10-8-6-4-2/h6,8,12,14,17-18,23,25,39,42-45,47,50-52H,3-5,7,9-11,13,15-16,19-22,24,26-38H2,1-2H3,(H,53,54)/b8-6-,14-12-,18-17-,25-23-. The molecule has 58 heavy (non-hydrogen) atoms. The number of carbonyl (C=O) groups is 3. The van der Waals surface area contributed by atoms with Crippen LogP contribution < -0.4 is 0 Å². The van der Waals surface area contributed by atoms with Crippen molar-refractivity contribution in [2.24, 2.45) is 0 Å². The summed E-state index contributed by atoms with van der Waals surface area (Å²) >= 11 is 0. The van der Waals surface area contributed by atoms with Crippen LogP contribution in [-0.2, 0) is 33.3 Å². The summed E-state index contributed by atoms with van der Waals surface area (Å²) in [4.78, 5) is 36.8. The van der Waals surface area contributed by atoms with Crippen LogP contribution >= 0.6 is 0 Å². The van der Waals surface area contributed by atoms with E-state index in [1.165, 1.54) is 83.5 Å². The minimum Gasteiger partial charge on any atom is -0.479 e. The number of aliphatic hydroxyl groups excluding tert-OH is 3. The zero-order valence-corrected chi connectivity index (χ0v) is 36.0. The normalized spacial score (nSPS) is 20.5. The largest absolute Gasteiger partial charge is 0.479 e. The average molecular weight is 821 g/mol. The molecule has 1 aliphatic heterocycles. The van der Waals surface area contributed by atoms with Gasteiger partial charge in [0.15, 0.2) is 18.5 Å². The van der Waals surface area contributed by atoms with Crippen LogP contribution in [0.3, 0.4) is 0 Å². The van der Waals surface area contributed by atoms with Crippen molar-refractivity contribution < 1.29 is 53.8 Å². The number of carbonyl (C=O) groups excluding carboxylic acids is 2. The van der Waals surface area contributed by atoms with Gasteiger partial charge in [0.25, 0.3) is 0 Å². The highest BCUT2D eigenvalue weighted by molar-refractivity contribution is 5.73. The Balaban J connectivity index is 2.37. The van der Waals surface area contributed by atoms with Crippen LogP contribution in [0, 0.1) is 0 Å². The third-order valence-corrected chi connectivity index (χ3v) is 10.2. The van der Waals surface area contributed by atoms with Gasteiger partial charge >= 0.3 is 17.9 Å². The predicted octanol–water partition coefficient (Wildman–Crippen LogP) is 9.76. The summed E-state index contributed by atoms with van der Waals surface area (Å²) in [6, 6.07) is 0. The van der Waals surface area contributed by atoms with Gasteiger partial charge in [-0.1, -0.05) is 146 Å². The number of ether oxygens (including phenoxy) is 4. The van der Waals surface area contributed by atoms with E-state index in [4.69, 9.17) is 18.9 Å². The van der Waals surface area contributed by atoms with Gasteiger partial charge in [0.05, 0.1) is 6.61 Å². The molecule has 1 heterocycles. The van der Waals surface area contributed by atoms with Crippen molar-refractivity contribution in [1.29, 1.82) is 0 Å². The molecule has 1 aliphatic rings. The van der Waals surface area contributed by atoms with Gasteiger partial charge in [-0.15, -0.1) is 0 Å². The molecule has 0 radical (unpaired) electrons. The molecule has 4 N–H and O–H groups in total. The first-order valence-electron chi connectivity index (χ1n) is 22.7. The van der Waals surface area contributed by atoms with E-state index in [0.29, 0.717) is 12.8 Å². The second-order valence-corrected chi connectivity index (χ2v) is 15.5. The summed E-state index contributed by atoms with van der Waals surface area (Å²) in [5, 5.41) is 39.8. The lowest BCUT2D eigenvalue weighted by atomic mass is 9.99. The van der Waals surface area contributed by atoms with E-state index in [9.17, 15) is 34.8 Å². The number of allylic oxidation sites excluding steroid dienone is 8.